The van der Waals surface area contributed by atoms with E-state index >= 15 is 0 Å². The molecule has 0 fully saturated rings. The number of benzene rings is 2. The molecule has 0 radical (unpaired) electrons. The molecule has 3 aromatic rings. The molecule has 0 atom stereocenters. The number of amides is 1. The third-order valence-electron chi connectivity index (χ3n) is 4.72. The van der Waals surface area contributed by atoms with E-state index in [9.17, 15) is 4.79 Å². The molecule has 1 amide bonds. The van der Waals surface area contributed by atoms with Crippen LogP contribution in [0.25, 0.3) is 10.9 Å². The number of hydrogen-bond acceptors (Lipinski definition) is 4. The minimum Gasteiger partial charge on any atom is -0.493 e. The number of ether oxygens (including phenoxy) is 2. The highest BCUT2D eigenvalue weighted by atomic mass is 16.5. The van der Waals surface area contributed by atoms with Crippen molar-refractivity contribution in [3.8, 4) is 11.5 Å². The third kappa shape index (κ3) is 4.86. The second-order valence-electron chi connectivity index (χ2n) is 6.94. The third-order valence-corrected chi connectivity index (χ3v) is 4.72. The van der Waals surface area contributed by atoms with Gasteiger partial charge in [0.2, 0.25) is 0 Å². The predicted octanol–water partition coefficient (Wildman–Crippen LogP) is 5.08. The topological polar surface area (TPSA) is 51.7 Å². The summed E-state index contributed by atoms with van der Waals surface area (Å²) in [5.41, 5.74) is 2.51. The first kappa shape index (κ1) is 20.6. The number of nitrogens with zero attached hydrogens (tertiary/aromatic N) is 2. The van der Waals surface area contributed by atoms with Crippen molar-refractivity contribution in [3.63, 3.8) is 0 Å². The van der Waals surface area contributed by atoms with Gasteiger partial charge in [0.15, 0.2) is 11.5 Å². The summed E-state index contributed by atoms with van der Waals surface area (Å²) >= 11 is 0. The normalized spacial score (nSPS) is 10.7. The van der Waals surface area contributed by atoms with Gasteiger partial charge >= 0.3 is 0 Å². The van der Waals surface area contributed by atoms with Gasteiger partial charge in [-0.2, -0.15) is 0 Å². The molecule has 0 aliphatic rings. The van der Waals surface area contributed by atoms with Crippen LogP contribution in [0.4, 0.5) is 0 Å². The molecule has 5 nitrogen and oxygen atoms in total. The lowest BCUT2D eigenvalue weighted by Gasteiger charge is -2.23. The number of carbonyl (C=O) groups excluding carboxylic acids is 1. The van der Waals surface area contributed by atoms with Crippen molar-refractivity contribution in [1.29, 1.82) is 0 Å². The lowest BCUT2D eigenvalue weighted by atomic mass is 10.1. The summed E-state index contributed by atoms with van der Waals surface area (Å²) in [5.74, 6) is 1.43. The molecule has 0 aliphatic carbocycles. The number of methoxy groups -OCH3 is 1. The Morgan fingerprint density at radius 2 is 1.86 bits per heavy atom. The Kier molecular flexibility index (Phi) is 7.06. The zero-order valence-corrected chi connectivity index (χ0v) is 17.4. The van der Waals surface area contributed by atoms with Gasteiger partial charge in [0.1, 0.15) is 0 Å². The van der Waals surface area contributed by atoms with Gasteiger partial charge in [0, 0.05) is 24.7 Å². The minimum atomic E-state index is 0.00993. The highest BCUT2D eigenvalue weighted by Crippen LogP contribution is 2.29. The number of fused-ring (bicyclic) bond motifs is 1. The van der Waals surface area contributed by atoms with Gasteiger partial charge in [-0.25, -0.2) is 0 Å². The van der Waals surface area contributed by atoms with Gasteiger partial charge in [-0.05, 0) is 42.7 Å². The molecule has 29 heavy (non-hydrogen) atoms. The fraction of sp³-hybridized carbons (Fsp3) is 0.333. The quantitative estimate of drug-likeness (QED) is 0.509. The van der Waals surface area contributed by atoms with Crippen LogP contribution < -0.4 is 9.47 Å². The molecule has 1 aromatic heterocycles. The molecular formula is C24H28N2O3. The first-order chi connectivity index (χ1) is 14.2. The largest absolute Gasteiger partial charge is 0.493 e. The predicted molar refractivity (Wildman–Crippen MR) is 116 cm³/mol. The number of aromatic nitrogens is 1. The molecular weight excluding hydrogens is 364 g/mol. The summed E-state index contributed by atoms with van der Waals surface area (Å²) in [6, 6.07) is 15.4. The summed E-state index contributed by atoms with van der Waals surface area (Å²) in [4.78, 5) is 19.6. The summed E-state index contributed by atoms with van der Waals surface area (Å²) in [7, 11) is 1.63. The maximum absolute atomic E-state index is 13.4. The van der Waals surface area contributed by atoms with E-state index in [1.54, 1.807) is 19.4 Å². The maximum Gasteiger partial charge on any atom is 0.254 e. The molecule has 0 aliphatic heterocycles. The number of pyridine rings is 1. The summed E-state index contributed by atoms with van der Waals surface area (Å²) < 4.78 is 11.2. The molecule has 5 heteroatoms. The van der Waals surface area contributed by atoms with E-state index in [4.69, 9.17) is 9.47 Å². The number of hydrogen-bond donors (Lipinski definition) is 0. The van der Waals surface area contributed by atoms with Crippen molar-refractivity contribution in [2.24, 2.45) is 0 Å². The Labute approximate surface area is 172 Å². The van der Waals surface area contributed by atoms with Crippen LogP contribution in [0.15, 0.2) is 54.7 Å². The lowest BCUT2D eigenvalue weighted by molar-refractivity contribution is 0.0745. The zero-order valence-electron chi connectivity index (χ0n) is 17.4. The van der Waals surface area contributed by atoms with Crippen LogP contribution in [0, 0.1) is 0 Å². The van der Waals surface area contributed by atoms with Crippen molar-refractivity contribution < 1.29 is 14.3 Å². The van der Waals surface area contributed by atoms with Crippen LogP contribution in [0.3, 0.4) is 0 Å². The Morgan fingerprint density at radius 3 is 2.62 bits per heavy atom. The Bertz CT molecular complexity index is 966. The van der Waals surface area contributed by atoms with Crippen LogP contribution in [0.5, 0.6) is 11.5 Å². The molecule has 0 spiro atoms. The molecule has 1 heterocycles. The Balaban J connectivity index is 1.87. The highest BCUT2D eigenvalue weighted by molar-refractivity contribution is 6.05. The first-order valence-corrected chi connectivity index (χ1v) is 10.1. The molecule has 0 saturated heterocycles. The van der Waals surface area contributed by atoms with Crippen molar-refractivity contribution >= 4 is 16.8 Å². The number of carbonyl (C=O) groups is 1. The summed E-state index contributed by atoms with van der Waals surface area (Å²) in [5, 5.41) is 0.877. The fourth-order valence-electron chi connectivity index (χ4n) is 3.34. The first-order valence-electron chi connectivity index (χ1n) is 10.1. The van der Waals surface area contributed by atoms with Gasteiger partial charge in [0.25, 0.3) is 5.91 Å². The van der Waals surface area contributed by atoms with Gasteiger partial charge in [-0.1, -0.05) is 38.1 Å². The highest BCUT2D eigenvalue weighted by Gasteiger charge is 2.19. The SMILES string of the molecule is CCCOc1ccc(CN(CCC)C(=O)c2ccnc3ccccc23)cc1OC. The van der Waals surface area contributed by atoms with Crippen molar-refractivity contribution in [1.82, 2.24) is 9.88 Å². The van der Waals surface area contributed by atoms with E-state index < -0.39 is 0 Å². The molecule has 152 valence electrons. The van der Waals surface area contributed by atoms with E-state index in [0.717, 1.165) is 35.1 Å². The zero-order chi connectivity index (χ0) is 20.6. The molecule has 2 aromatic carbocycles. The van der Waals surface area contributed by atoms with Crippen LogP contribution in [0.1, 0.15) is 42.6 Å². The lowest BCUT2D eigenvalue weighted by Crippen LogP contribution is -2.31. The molecule has 0 unspecified atom stereocenters. The monoisotopic (exact) mass is 392 g/mol. The average Bonchev–Trinajstić information content (AvgIpc) is 2.76. The number of para-hydroxylation sites is 1. The van der Waals surface area contributed by atoms with Crippen LogP contribution in [0.2, 0.25) is 0 Å². The van der Waals surface area contributed by atoms with E-state index in [0.29, 0.717) is 31.0 Å². The van der Waals surface area contributed by atoms with E-state index in [1.807, 2.05) is 47.4 Å². The molecule has 0 saturated carbocycles. The Morgan fingerprint density at radius 1 is 1.03 bits per heavy atom. The van der Waals surface area contributed by atoms with E-state index in [1.165, 1.54) is 0 Å². The standard InChI is InChI=1S/C24H28N2O3/c1-4-14-26(17-18-10-11-22(29-15-5-2)23(16-18)28-3)24(27)20-12-13-25-21-9-7-6-8-19(20)21/h6-13,16H,4-5,14-15,17H2,1-3H3. The number of rotatable bonds is 9. The Hall–Kier alpha value is -3.08. The van der Waals surface area contributed by atoms with Gasteiger partial charge in [-0.15, -0.1) is 0 Å². The van der Waals surface area contributed by atoms with Gasteiger partial charge < -0.3 is 14.4 Å². The van der Waals surface area contributed by atoms with E-state index in [-0.39, 0.29) is 5.91 Å². The maximum atomic E-state index is 13.4. The smallest absolute Gasteiger partial charge is 0.254 e. The molecule has 3 rings (SSSR count). The van der Waals surface area contributed by atoms with Crippen molar-refractivity contribution in [3.05, 3.63) is 65.9 Å². The molecule has 0 N–H and O–H groups in total. The average molecular weight is 392 g/mol. The molecule has 0 bridgehead atoms. The van der Waals surface area contributed by atoms with Crippen LogP contribution >= 0.6 is 0 Å². The van der Waals surface area contributed by atoms with Crippen molar-refractivity contribution in [2.45, 2.75) is 33.2 Å². The second kappa shape index (κ2) is 9.92. The van der Waals surface area contributed by atoms with E-state index in [2.05, 4.69) is 18.8 Å². The fourth-order valence-corrected chi connectivity index (χ4v) is 3.34. The van der Waals surface area contributed by atoms with Gasteiger partial charge in [-0.3, -0.25) is 9.78 Å². The van der Waals surface area contributed by atoms with Crippen molar-refractivity contribution in [2.75, 3.05) is 20.3 Å². The van der Waals surface area contributed by atoms with Crippen LogP contribution in [-0.4, -0.2) is 36.1 Å². The van der Waals surface area contributed by atoms with Gasteiger partial charge in [0.05, 0.1) is 24.8 Å². The summed E-state index contributed by atoms with van der Waals surface area (Å²) in [6.07, 6.45) is 3.51. The minimum absolute atomic E-state index is 0.00993. The summed E-state index contributed by atoms with van der Waals surface area (Å²) in [6.45, 7) is 5.97. The van der Waals surface area contributed by atoms with Crippen LogP contribution in [-0.2, 0) is 6.54 Å². The second-order valence-corrected chi connectivity index (χ2v) is 6.94.